The van der Waals surface area contributed by atoms with Crippen LogP contribution < -0.4 is 19.7 Å². The summed E-state index contributed by atoms with van der Waals surface area (Å²) < 4.78 is 27.2. The Bertz CT molecular complexity index is 1130. The average Bonchev–Trinajstić information content (AvgIpc) is 3.14. The summed E-state index contributed by atoms with van der Waals surface area (Å²) in [7, 11) is 0. The van der Waals surface area contributed by atoms with Crippen LogP contribution >= 0.6 is 0 Å². The Morgan fingerprint density at radius 2 is 2.17 bits per heavy atom. The van der Waals surface area contributed by atoms with Gasteiger partial charge in [0, 0.05) is 17.8 Å². The van der Waals surface area contributed by atoms with Crippen LogP contribution in [0.25, 0.3) is 11.3 Å². The summed E-state index contributed by atoms with van der Waals surface area (Å²) >= 11 is 0. The van der Waals surface area contributed by atoms with Crippen molar-refractivity contribution < 1.29 is 19.0 Å². The van der Waals surface area contributed by atoms with E-state index < -0.39 is 11.9 Å². The normalized spacial score (nSPS) is 21.4. The minimum atomic E-state index is -0.816. The lowest BCUT2D eigenvalue weighted by Crippen LogP contribution is -2.41. The molecule has 5 heterocycles. The van der Waals surface area contributed by atoms with E-state index in [1.807, 2.05) is 11.8 Å². The van der Waals surface area contributed by atoms with Crippen molar-refractivity contribution in [3.63, 3.8) is 0 Å². The highest BCUT2D eigenvalue weighted by Crippen LogP contribution is 2.35. The second-order valence-electron chi connectivity index (χ2n) is 7.49. The van der Waals surface area contributed by atoms with Gasteiger partial charge in [0.2, 0.25) is 5.88 Å². The number of fused-ring (bicyclic) bond motifs is 1. The van der Waals surface area contributed by atoms with Crippen molar-refractivity contribution in [2.24, 2.45) is 0 Å². The maximum Gasteiger partial charge on any atom is 0.218 e. The van der Waals surface area contributed by atoms with Gasteiger partial charge in [-0.2, -0.15) is 5.10 Å². The first-order chi connectivity index (χ1) is 14.5. The van der Waals surface area contributed by atoms with Gasteiger partial charge in [-0.3, -0.25) is 0 Å². The van der Waals surface area contributed by atoms with Gasteiger partial charge in [0.15, 0.2) is 17.2 Å². The van der Waals surface area contributed by atoms with E-state index in [1.165, 1.54) is 6.07 Å². The number of rotatable bonds is 0. The standard InChI is InChI=1S/C20H21FN6O3/c1-11-9-29-17-8-27-18-16(6-24-27)12(2)22-5-15(28)10-30-20-13(3-14(21)4-23-20)7-26(11)19(17)25-18/h3-4,6,8,11,15,22,28H,2,5,7,9-10H2,1H3/t11-,15-/m1/s1. The zero-order valence-corrected chi connectivity index (χ0v) is 16.4. The molecule has 9 nitrogen and oxygen atoms in total. The lowest BCUT2D eigenvalue weighted by atomic mass is 10.1. The topological polar surface area (TPSA) is 97.0 Å². The maximum absolute atomic E-state index is 14.0. The van der Waals surface area contributed by atoms with E-state index in [4.69, 9.17) is 14.5 Å². The van der Waals surface area contributed by atoms with Gasteiger partial charge >= 0.3 is 0 Å². The number of hydrogen-bond acceptors (Lipinski definition) is 8. The molecule has 2 bridgehead atoms. The van der Waals surface area contributed by atoms with Crippen LogP contribution in [0.2, 0.25) is 0 Å². The van der Waals surface area contributed by atoms with E-state index in [9.17, 15) is 9.50 Å². The summed E-state index contributed by atoms with van der Waals surface area (Å²) in [6, 6.07) is 1.38. The number of aliphatic hydroxyl groups excluding tert-OH is 1. The number of nitrogens with one attached hydrogen (secondary N) is 1. The van der Waals surface area contributed by atoms with Crippen LogP contribution in [0.4, 0.5) is 10.2 Å². The molecule has 3 aromatic rings. The third kappa shape index (κ3) is 3.18. The lowest BCUT2D eigenvalue weighted by Gasteiger charge is -2.36. The Labute approximate surface area is 171 Å². The fourth-order valence-electron chi connectivity index (χ4n) is 3.61. The van der Waals surface area contributed by atoms with Crippen LogP contribution in [0.5, 0.6) is 11.6 Å². The lowest BCUT2D eigenvalue weighted by molar-refractivity contribution is 0.106. The SMILES string of the molecule is C=C1NC[C@@H](O)COc2ncc(F)cc2CN2c3nc4c1cnn4cc3OC[C@H]2C. The maximum atomic E-state index is 14.0. The highest BCUT2D eigenvalue weighted by molar-refractivity contribution is 5.75. The molecule has 2 aliphatic heterocycles. The summed E-state index contributed by atoms with van der Waals surface area (Å²) in [6.45, 7) is 7.04. The predicted octanol–water partition coefficient (Wildman–Crippen LogP) is 1.36. The molecular weight excluding hydrogens is 391 g/mol. The molecule has 5 rings (SSSR count). The van der Waals surface area contributed by atoms with Gasteiger partial charge in [-0.05, 0) is 13.0 Å². The molecule has 2 N–H and O–H groups in total. The molecule has 0 unspecified atom stereocenters. The summed E-state index contributed by atoms with van der Waals surface area (Å²) in [5.74, 6) is 1.03. The summed E-state index contributed by atoms with van der Waals surface area (Å²) in [5, 5.41) is 17.7. The van der Waals surface area contributed by atoms with Crippen LogP contribution in [-0.2, 0) is 6.54 Å². The molecule has 0 saturated heterocycles. The van der Waals surface area contributed by atoms with E-state index in [0.29, 0.717) is 47.2 Å². The van der Waals surface area contributed by atoms with Crippen LogP contribution in [0.3, 0.4) is 0 Å². The van der Waals surface area contributed by atoms with Crippen molar-refractivity contribution in [3.05, 3.63) is 48.2 Å². The van der Waals surface area contributed by atoms with Crippen molar-refractivity contribution in [2.75, 3.05) is 24.7 Å². The number of β-amino-alcohol motifs (C(OH)–C–C–N with tert-alkyl or cyclic N) is 1. The molecule has 3 aromatic heterocycles. The Hall–Kier alpha value is -3.40. The quantitative estimate of drug-likeness (QED) is 0.572. The fourth-order valence-corrected chi connectivity index (χ4v) is 3.61. The largest absolute Gasteiger partial charge is 0.486 e. The van der Waals surface area contributed by atoms with Gasteiger partial charge in [0.25, 0.3) is 0 Å². The number of ether oxygens (including phenoxy) is 2. The van der Waals surface area contributed by atoms with Crippen molar-refractivity contribution in [2.45, 2.75) is 25.6 Å². The second kappa shape index (κ2) is 7.13. The molecule has 0 saturated carbocycles. The first-order valence-corrected chi connectivity index (χ1v) is 9.66. The average molecular weight is 412 g/mol. The molecule has 0 aliphatic carbocycles. The predicted molar refractivity (Wildman–Crippen MR) is 107 cm³/mol. The zero-order chi connectivity index (χ0) is 20.8. The highest BCUT2D eigenvalue weighted by Gasteiger charge is 2.29. The first kappa shape index (κ1) is 18.6. The number of hydrogen-bond donors (Lipinski definition) is 2. The van der Waals surface area contributed by atoms with Crippen LogP contribution in [-0.4, -0.2) is 56.6 Å². The summed E-state index contributed by atoms with van der Waals surface area (Å²) in [4.78, 5) is 10.9. The minimum Gasteiger partial charge on any atom is -0.486 e. The smallest absolute Gasteiger partial charge is 0.218 e. The van der Waals surface area contributed by atoms with Crippen molar-refractivity contribution in [1.82, 2.24) is 24.9 Å². The number of aromatic nitrogens is 4. The molecule has 2 atom stereocenters. The van der Waals surface area contributed by atoms with Crippen molar-refractivity contribution >= 4 is 17.2 Å². The molecule has 0 aromatic carbocycles. The number of halogens is 1. The van der Waals surface area contributed by atoms with Gasteiger partial charge in [-0.25, -0.2) is 18.9 Å². The zero-order valence-electron chi connectivity index (χ0n) is 16.4. The third-order valence-electron chi connectivity index (χ3n) is 5.25. The molecule has 2 aliphatic rings. The molecule has 30 heavy (non-hydrogen) atoms. The molecule has 156 valence electrons. The van der Waals surface area contributed by atoms with E-state index in [-0.39, 0.29) is 25.1 Å². The summed E-state index contributed by atoms with van der Waals surface area (Å²) in [5.41, 5.74) is 2.47. The third-order valence-corrected chi connectivity index (χ3v) is 5.25. The molecular formula is C20H21FN6O3. The fraction of sp³-hybridized carbons (Fsp3) is 0.350. The Morgan fingerprint density at radius 1 is 1.30 bits per heavy atom. The van der Waals surface area contributed by atoms with Crippen molar-refractivity contribution in [3.8, 4) is 11.6 Å². The van der Waals surface area contributed by atoms with Gasteiger partial charge in [-0.15, -0.1) is 0 Å². The monoisotopic (exact) mass is 412 g/mol. The van der Waals surface area contributed by atoms with Crippen LogP contribution in [0, 0.1) is 5.82 Å². The van der Waals surface area contributed by atoms with Crippen LogP contribution in [0.15, 0.2) is 31.2 Å². The molecule has 0 amide bonds. The minimum absolute atomic E-state index is 0.00277. The van der Waals surface area contributed by atoms with E-state index in [0.717, 1.165) is 6.20 Å². The van der Waals surface area contributed by atoms with Gasteiger partial charge in [0.1, 0.15) is 25.1 Å². The second-order valence-corrected chi connectivity index (χ2v) is 7.49. The number of nitrogens with zero attached hydrogens (tertiary/aromatic N) is 5. The van der Waals surface area contributed by atoms with Gasteiger partial charge < -0.3 is 24.8 Å². The number of aliphatic hydroxyl groups is 1. The van der Waals surface area contributed by atoms with Gasteiger partial charge in [-0.1, -0.05) is 6.58 Å². The van der Waals surface area contributed by atoms with E-state index in [2.05, 4.69) is 22.0 Å². The van der Waals surface area contributed by atoms with Crippen LogP contribution in [0.1, 0.15) is 18.1 Å². The first-order valence-electron chi connectivity index (χ1n) is 9.66. The number of anilines is 1. The molecule has 0 spiro atoms. The highest BCUT2D eigenvalue weighted by atomic mass is 19.1. The molecule has 10 heteroatoms. The number of pyridine rings is 1. The Balaban J connectivity index is 1.67. The summed E-state index contributed by atoms with van der Waals surface area (Å²) in [6.07, 6.45) is 3.73. The van der Waals surface area contributed by atoms with Gasteiger partial charge in [0.05, 0.1) is 36.7 Å². The van der Waals surface area contributed by atoms with E-state index in [1.54, 1.807) is 16.9 Å². The Kier molecular flexibility index (Phi) is 4.43. The molecule has 0 fully saturated rings. The van der Waals surface area contributed by atoms with Crippen molar-refractivity contribution in [1.29, 1.82) is 0 Å². The molecule has 0 radical (unpaired) electrons. The Morgan fingerprint density at radius 3 is 3.03 bits per heavy atom. The van der Waals surface area contributed by atoms with E-state index >= 15 is 0 Å².